The summed E-state index contributed by atoms with van der Waals surface area (Å²) in [7, 11) is -3.47. The van der Waals surface area contributed by atoms with Crippen molar-refractivity contribution in [2.45, 2.75) is 90.0 Å². The van der Waals surface area contributed by atoms with Crippen LogP contribution in [0.25, 0.3) is 0 Å². The molecule has 31 heavy (non-hydrogen) atoms. The van der Waals surface area contributed by atoms with Gasteiger partial charge in [-0.2, -0.15) is 36.8 Å². The van der Waals surface area contributed by atoms with Gasteiger partial charge in [0.2, 0.25) is 10.0 Å². The van der Waals surface area contributed by atoms with Crippen LogP contribution in [0.3, 0.4) is 0 Å². The molecule has 0 saturated carbocycles. The fourth-order valence-electron chi connectivity index (χ4n) is 3.00. The maximum absolute atomic E-state index is 11.4. The van der Waals surface area contributed by atoms with E-state index >= 15 is 0 Å². The van der Waals surface area contributed by atoms with Gasteiger partial charge in [-0.1, -0.05) is 87.5 Å². The van der Waals surface area contributed by atoms with Gasteiger partial charge in [-0.3, -0.25) is 0 Å². The molecule has 0 saturated heterocycles. The summed E-state index contributed by atoms with van der Waals surface area (Å²) < 4.78 is 22.7. The standard InChI is InChI=1S/C14H29NO2S.C8H10N.C2H6.W.Y/c1-9-13(5,6)14(7,8)11(2)12(3,4)10-18(15,16)17;1-6-4-5-7(2)9-8(6)3;1-2;;/h9H,10H2,1-8H3,(H2,15,16,17);5H,1-3H3;1-2H3;;/q-2;-1;;+2;. The van der Waals surface area contributed by atoms with E-state index in [1.54, 1.807) is 0 Å². The fourth-order valence-corrected chi connectivity index (χ4v) is 4.22. The third kappa shape index (κ3) is 13.4. The van der Waals surface area contributed by atoms with Crippen LogP contribution in [0.1, 0.15) is 86.2 Å². The first kappa shape index (κ1) is 39.1. The van der Waals surface area contributed by atoms with E-state index < -0.39 is 15.4 Å². The molecule has 0 amide bonds. The minimum atomic E-state index is -3.47. The molecule has 1 heterocycles. The smallest absolute Gasteiger partial charge is 0.385 e. The van der Waals surface area contributed by atoms with E-state index in [0.717, 1.165) is 22.9 Å². The SMILES string of the molecule is CC.C[CH-]C(C)(C)C(C)(C)[C-](C)C(C)(C)CS(N)(=O)=O.Cc1c[c-]c(C)c(C)n1.[W+2].[Y]. The number of aryl methyl sites for hydroxylation is 3. The fraction of sp³-hybridized carbons (Fsp3) is 0.708. The van der Waals surface area contributed by atoms with Crippen LogP contribution in [0.15, 0.2) is 6.07 Å². The third-order valence-corrected chi connectivity index (χ3v) is 7.36. The maximum atomic E-state index is 11.4. The minimum Gasteiger partial charge on any atom is -0.385 e. The number of sulfonamides is 1. The summed E-state index contributed by atoms with van der Waals surface area (Å²) >= 11 is 0. The first-order valence-electron chi connectivity index (χ1n) is 10.4. The Morgan fingerprint density at radius 3 is 1.81 bits per heavy atom. The zero-order chi connectivity index (χ0) is 23.8. The maximum Gasteiger partial charge on any atom is 2.00 e. The molecule has 0 bridgehead atoms. The van der Waals surface area contributed by atoms with E-state index in [-0.39, 0.29) is 70.4 Å². The molecular formula is C24H45N2O2SWY-. The first-order valence-corrected chi connectivity index (χ1v) is 12.1. The molecule has 0 aromatic carbocycles. The van der Waals surface area contributed by atoms with E-state index in [2.05, 4.69) is 45.2 Å². The second kappa shape index (κ2) is 15.7. The van der Waals surface area contributed by atoms with Gasteiger partial charge in [-0.15, -0.1) is 11.0 Å². The molecule has 0 aliphatic rings. The van der Waals surface area contributed by atoms with Crippen molar-refractivity contribution >= 4 is 10.0 Å². The Morgan fingerprint density at radius 2 is 1.52 bits per heavy atom. The molecule has 1 radical (unpaired) electrons. The molecule has 0 spiro atoms. The van der Waals surface area contributed by atoms with Gasteiger partial charge in [-0.05, 0) is 0 Å². The molecule has 1 rings (SSSR count). The van der Waals surface area contributed by atoms with Gasteiger partial charge in [0.15, 0.2) is 0 Å². The van der Waals surface area contributed by atoms with Crippen LogP contribution in [0.2, 0.25) is 0 Å². The van der Waals surface area contributed by atoms with Crippen molar-refractivity contribution in [2.24, 2.45) is 21.4 Å². The molecule has 1 aromatic heterocycles. The quantitative estimate of drug-likeness (QED) is 0.371. The number of aromatic nitrogens is 1. The van der Waals surface area contributed by atoms with Gasteiger partial charge in [0.25, 0.3) is 0 Å². The van der Waals surface area contributed by atoms with Crippen LogP contribution in [-0.4, -0.2) is 19.2 Å². The van der Waals surface area contributed by atoms with Crippen LogP contribution in [0.5, 0.6) is 0 Å². The largest absolute Gasteiger partial charge is 2.00 e. The van der Waals surface area contributed by atoms with Crippen LogP contribution < -0.4 is 5.14 Å². The Kier molecular flexibility index (Phi) is 19.8. The molecule has 0 fully saturated rings. The summed E-state index contributed by atoms with van der Waals surface area (Å²) in [5, 5.41) is 5.20. The Morgan fingerprint density at radius 1 is 1.10 bits per heavy atom. The predicted molar refractivity (Wildman–Crippen MR) is 127 cm³/mol. The summed E-state index contributed by atoms with van der Waals surface area (Å²) in [4.78, 5) is 4.24. The molecule has 0 unspecified atom stereocenters. The van der Waals surface area contributed by atoms with Crippen LogP contribution in [-0.2, 0) is 63.8 Å². The topological polar surface area (TPSA) is 73.1 Å². The normalized spacial score (nSPS) is 11.8. The summed E-state index contributed by atoms with van der Waals surface area (Å²) in [5.74, 6) is 1.14. The van der Waals surface area contributed by atoms with E-state index in [0.29, 0.717) is 0 Å². The molecule has 7 heteroatoms. The Labute approximate surface area is 233 Å². The van der Waals surface area contributed by atoms with Gasteiger partial charge in [-0.25, -0.2) is 13.6 Å². The predicted octanol–water partition coefficient (Wildman–Crippen LogP) is 6.00. The minimum absolute atomic E-state index is 0. The van der Waals surface area contributed by atoms with Gasteiger partial charge < -0.3 is 17.3 Å². The van der Waals surface area contributed by atoms with Crippen molar-refractivity contribution in [1.29, 1.82) is 0 Å². The number of nitrogens with two attached hydrogens (primary N) is 1. The molecular weight excluding hydrogens is 653 g/mol. The van der Waals surface area contributed by atoms with Crippen molar-refractivity contribution in [3.63, 3.8) is 0 Å². The zero-order valence-corrected chi connectivity index (χ0v) is 28.7. The molecule has 0 aliphatic heterocycles. The van der Waals surface area contributed by atoms with E-state index in [1.807, 2.05) is 68.4 Å². The van der Waals surface area contributed by atoms with Crippen LogP contribution in [0, 0.1) is 55.4 Å². The monoisotopic (exact) mass is 698 g/mol. The molecule has 0 aliphatic carbocycles. The molecule has 0 atom stereocenters. The van der Waals surface area contributed by atoms with Gasteiger partial charge >= 0.3 is 21.1 Å². The number of hydrogen-bond acceptors (Lipinski definition) is 3. The van der Waals surface area contributed by atoms with Gasteiger partial charge in [0.1, 0.15) is 0 Å². The Bertz CT molecular complexity index is 733. The van der Waals surface area contributed by atoms with E-state index in [9.17, 15) is 8.42 Å². The van der Waals surface area contributed by atoms with E-state index in [1.165, 1.54) is 0 Å². The zero-order valence-electron chi connectivity index (χ0n) is 22.1. The van der Waals surface area contributed by atoms with Crippen molar-refractivity contribution in [1.82, 2.24) is 4.98 Å². The number of hydrogen-bond donors (Lipinski definition) is 1. The van der Waals surface area contributed by atoms with Crippen LogP contribution in [0.4, 0.5) is 0 Å². The van der Waals surface area contributed by atoms with Crippen molar-refractivity contribution in [3.05, 3.63) is 41.4 Å². The summed E-state index contributed by atoms with van der Waals surface area (Å²) in [5.41, 5.74) is 2.72. The second-order valence-corrected chi connectivity index (χ2v) is 10.8. The first-order chi connectivity index (χ1) is 12.9. The third-order valence-electron chi connectivity index (χ3n) is 6.23. The molecule has 1 aromatic rings. The van der Waals surface area contributed by atoms with E-state index in [4.69, 9.17) is 5.14 Å². The van der Waals surface area contributed by atoms with Crippen molar-refractivity contribution < 1.29 is 62.2 Å². The average molecular weight is 698 g/mol. The number of rotatable bonds is 6. The summed E-state index contributed by atoms with van der Waals surface area (Å²) in [6.07, 6.45) is 2.17. The van der Waals surface area contributed by atoms with Gasteiger partial charge in [0, 0.05) is 38.5 Å². The number of pyridine rings is 1. The van der Waals surface area contributed by atoms with Gasteiger partial charge in [0.05, 0.1) is 0 Å². The van der Waals surface area contributed by atoms with Crippen molar-refractivity contribution in [2.75, 3.05) is 5.75 Å². The number of nitrogens with zero attached hydrogens (tertiary/aromatic N) is 1. The average Bonchev–Trinajstić information content (AvgIpc) is 2.57. The molecule has 2 N–H and O–H groups in total. The van der Waals surface area contributed by atoms with Crippen molar-refractivity contribution in [3.8, 4) is 0 Å². The molecule has 4 nitrogen and oxygen atoms in total. The number of primary sulfonamides is 1. The Balaban J connectivity index is -0.000000236. The summed E-state index contributed by atoms with van der Waals surface area (Å²) in [6, 6.07) is 5.01. The van der Waals surface area contributed by atoms with Crippen LogP contribution >= 0.6 is 0 Å². The summed E-state index contributed by atoms with van der Waals surface area (Å²) in [6.45, 7) is 26.6. The Hall–Kier alpha value is 0.852. The molecule has 179 valence electrons. The second-order valence-electron chi connectivity index (χ2n) is 9.20.